The third-order valence-corrected chi connectivity index (χ3v) is 4.92. The lowest BCUT2D eigenvalue weighted by Gasteiger charge is -2.03. The first-order valence-corrected chi connectivity index (χ1v) is 8.55. The molecule has 2 N–H and O–H groups in total. The summed E-state index contributed by atoms with van der Waals surface area (Å²) in [4.78, 5) is 16.9. The highest BCUT2D eigenvalue weighted by Crippen LogP contribution is 2.35. The number of phenols is 1. The largest absolute Gasteiger partial charge is 0.506 e. The monoisotopic (exact) mass is 378 g/mol. The number of nitrogens with zero attached hydrogens (tertiary/aromatic N) is 1. The van der Waals surface area contributed by atoms with Gasteiger partial charge in [-0.05, 0) is 48.5 Å². The molecule has 0 bridgehead atoms. The van der Waals surface area contributed by atoms with E-state index in [9.17, 15) is 9.90 Å². The maximum absolute atomic E-state index is 12.1. The van der Waals surface area contributed by atoms with Crippen LogP contribution in [0.25, 0.3) is 6.08 Å². The van der Waals surface area contributed by atoms with E-state index in [2.05, 4.69) is 10.3 Å². The third kappa shape index (κ3) is 3.43. The van der Waals surface area contributed by atoms with E-state index in [1.54, 1.807) is 36.4 Å². The number of halogens is 2. The van der Waals surface area contributed by atoms with Crippen molar-refractivity contribution in [1.29, 1.82) is 0 Å². The lowest BCUT2D eigenvalue weighted by atomic mass is 10.2. The quantitative estimate of drug-likeness (QED) is 0.730. The van der Waals surface area contributed by atoms with Crippen LogP contribution in [0, 0.1) is 6.92 Å². The van der Waals surface area contributed by atoms with Crippen LogP contribution < -0.4 is 5.32 Å². The second kappa shape index (κ2) is 6.89. The van der Waals surface area contributed by atoms with Crippen molar-refractivity contribution in [3.8, 4) is 5.75 Å². The second-order valence-electron chi connectivity index (χ2n) is 5.06. The van der Waals surface area contributed by atoms with Crippen LogP contribution in [0.15, 0.2) is 46.3 Å². The minimum atomic E-state index is -0.289. The number of thioether (sulfide) groups is 1. The van der Waals surface area contributed by atoms with Gasteiger partial charge in [0, 0.05) is 15.6 Å². The number of nitrogens with one attached hydrogen (secondary N) is 1. The summed E-state index contributed by atoms with van der Waals surface area (Å²) in [6, 6.07) is 10.3. The van der Waals surface area contributed by atoms with Crippen LogP contribution in [0.5, 0.6) is 5.75 Å². The fraction of sp³-hybridized carbons (Fsp3) is 0.0588. The molecule has 2 aromatic rings. The molecule has 24 heavy (non-hydrogen) atoms. The second-order valence-corrected chi connectivity index (χ2v) is 6.90. The summed E-state index contributed by atoms with van der Waals surface area (Å²) in [5.41, 5.74) is 1.82. The summed E-state index contributed by atoms with van der Waals surface area (Å²) in [6.45, 7) is 1.83. The van der Waals surface area contributed by atoms with E-state index in [1.165, 1.54) is 11.8 Å². The highest BCUT2D eigenvalue weighted by molar-refractivity contribution is 8.18. The van der Waals surface area contributed by atoms with Crippen molar-refractivity contribution >= 4 is 57.8 Å². The first-order valence-electron chi connectivity index (χ1n) is 6.98. The van der Waals surface area contributed by atoms with Crippen molar-refractivity contribution < 1.29 is 9.90 Å². The fourth-order valence-corrected chi connectivity index (χ4v) is 3.47. The molecule has 1 aliphatic heterocycles. The first kappa shape index (κ1) is 16.9. The molecule has 1 saturated heterocycles. The van der Waals surface area contributed by atoms with Gasteiger partial charge in [0.1, 0.15) is 11.4 Å². The number of benzene rings is 2. The van der Waals surface area contributed by atoms with Crippen molar-refractivity contribution in [2.24, 2.45) is 4.99 Å². The molecule has 3 rings (SSSR count). The van der Waals surface area contributed by atoms with Crippen LogP contribution >= 0.6 is 35.0 Å². The van der Waals surface area contributed by atoms with E-state index in [-0.39, 0.29) is 11.7 Å². The number of hydrogen-bond donors (Lipinski definition) is 2. The lowest BCUT2D eigenvalue weighted by molar-refractivity contribution is -0.115. The molecule has 0 aromatic heterocycles. The Labute approximate surface area is 153 Å². The van der Waals surface area contributed by atoms with Gasteiger partial charge in [-0.2, -0.15) is 0 Å². The van der Waals surface area contributed by atoms with Gasteiger partial charge >= 0.3 is 0 Å². The number of hydrogen-bond acceptors (Lipinski definition) is 4. The summed E-state index contributed by atoms with van der Waals surface area (Å²) in [6.07, 6.45) is 1.63. The van der Waals surface area contributed by atoms with Crippen LogP contribution in [0.2, 0.25) is 10.0 Å². The Bertz CT molecular complexity index is 854. The summed E-state index contributed by atoms with van der Waals surface area (Å²) < 4.78 is 0. The Hall–Kier alpha value is -1.95. The van der Waals surface area contributed by atoms with Crippen LogP contribution in [-0.2, 0) is 4.79 Å². The lowest BCUT2D eigenvalue weighted by Crippen LogP contribution is -2.19. The SMILES string of the molecule is Cc1cccc(O)c1N=C1NC(=O)/C(=C/c2c(Cl)cccc2Cl)S1. The summed E-state index contributed by atoms with van der Waals surface area (Å²) in [7, 11) is 0. The Kier molecular flexibility index (Phi) is 4.85. The number of aryl methyl sites for hydroxylation is 1. The van der Waals surface area contributed by atoms with Crippen LogP contribution in [0.3, 0.4) is 0 Å². The predicted molar refractivity (Wildman–Crippen MR) is 100 cm³/mol. The zero-order valence-electron chi connectivity index (χ0n) is 12.5. The van der Waals surface area contributed by atoms with Gasteiger partial charge in [-0.1, -0.05) is 41.4 Å². The minimum absolute atomic E-state index is 0.0592. The third-order valence-electron chi connectivity index (χ3n) is 3.36. The van der Waals surface area contributed by atoms with Gasteiger partial charge in [0.25, 0.3) is 5.91 Å². The van der Waals surface area contributed by atoms with Gasteiger partial charge in [-0.3, -0.25) is 4.79 Å². The number of amidine groups is 1. The van der Waals surface area contributed by atoms with E-state index in [4.69, 9.17) is 23.2 Å². The molecule has 122 valence electrons. The molecule has 0 saturated carbocycles. The maximum atomic E-state index is 12.1. The highest BCUT2D eigenvalue weighted by atomic mass is 35.5. The normalized spacial score (nSPS) is 17.5. The number of carbonyl (C=O) groups excluding carboxylic acids is 1. The summed E-state index contributed by atoms with van der Waals surface area (Å²) >= 11 is 13.4. The Morgan fingerprint density at radius 1 is 1.17 bits per heavy atom. The van der Waals surface area contributed by atoms with Crippen LogP contribution in [0.1, 0.15) is 11.1 Å². The average molecular weight is 379 g/mol. The Morgan fingerprint density at radius 3 is 2.50 bits per heavy atom. The van der Waals surface area contributed by atoms with E-state index < -0.39 is 0 Å². The summed E-state index contributed by atoms with van der Waals surface area (Å²) in [5, 5.41) is 13.9. The molecule has 1 amide bonds. The van der Waals surface area contributed by atoms with E-state index >= 15 is 0 Å². The average Bonchev–Trinajstić information content (AvgIpc) is 2.87. The van der Waals surface area contributed by atoms with Crippen molar-refractivity contribution in [1.82, 2.24) is 5.32 Å². The van der Waals surface area contributed by atoms with Gasteiger partial charge in [0.15, 0.2) is 5.17 Å². The topological polar surface area (TPSA) is 61.7 Å². The fourth-order valence-electron chi connectivity index (χ4n) is 2.15. The molecule has 0 spiro atoms. The molecule has 1 fully saturated rings. The van der Waals surface area contributed by atoms with Gasteiger partial charge in [0.05, 0.1) is 4.91 Å². The zero-order valence-corrected chi connectivity index (χ0v) is 14.8. The van der Waals surface area contributed by atoms with E-state index in [0.29, 0.717) is 31.4 Å². The number of para-hydroxylation sites is 1. The Morgan fingerprint density at radius 2 is 1.83 bits per heavy atom. The Balaban J connectivity index is 1.94. The van der Waals surface area contributed by atoms with Crippen molar-refractivity contribution in [2.75, 3.05) is 0 Å². The molecule has 0 unspecified atom stereocenters. The first-order chi connectivity index (χ1) is 11.5. The molecular weight excluding hydrogens is 367 g/mol. The number of phenolic OH excluding ortho intramolecular Hbond substituents is 1. The number of aromatic hydroxyl groups is 1. The van der Waals surface area contributed by atoms with Crippen molar-refractivity contribution in [3.05, 3.63) is 62.5 Å². The number of rotatable bonds is 2. The molecule has 1 heterocycles. The number of aliphatic imine (C=N–C) groups is 1. The molecular formula is C17H12Cl2N2O2S. The van der Waals surface area contributed by atoms with Gasteiger partial charge in [-0.15, -0.1) is 0 Å². The highest BCUT2D eigenvalue weighted by Gasteiger charge is 2.25. The zero-order chi connectivity index (χ0) is 17.3. The van der Waals surface area contributed by atoms with Gasteiger partial charge in [0.2, 0.25) is 0 Å². The van der Waals surface area contributed by atoms with Crippen molar-refractivity contribution in [3.63, 3.8) is 0 Å². The van der Waals surface area contributed by atoms with E-state index in [0.717, 1.165) is 5.56 Å². The van der Waals surface area contributed by atoms with Crippen LogP contribution in [0.4, 0.5) is 5.69 Å². The molecule has 0 aliphatic carbocycles. The molecule has 1 aliphatic rings. The molecule has 0 radical (unpaired) electrons. The van der Waals surface area contributed by atoms with Gasteiger partial charge < -0.3 is 10.4 Å². The molecule has 0 atom stereocenters. The molecule has 4 nitrogen and oxygen atoms in total. The molecule has 7 heteroatoms. The van der Waals surface area contributed by atoms with Crippen LogP contribution in [-0.4, -0.2) is 16.2 Å². The number of carbonyl (C=O) groups is 1. The molecule has 2 aromatic carbocycles. The predicted octanol–water partition coefficient (Wildman–Crippen LogP) is 4.90. The van der Waals surface area contributed by atoms with E-state index in [1.807, 2.05) is 13.0 Å². The van der Waals surface area contributed by atoms with Gasteiger partial charge in [-0.25, -0.2) is 4.99 Å². The maximum Gasteiger partial charge on any atom is 0.264 e. The smallest absolute Gasteiger partial charge is 0.264 e. The van der Waals surface area contributed by atoms with Crippen molar-refractivity contribution in [2.45, 2.75) is 6.92 Å². The summed E-state index contributed by atoms with van der Waals surface area (Å²) in [5.74, 6) is -0.230. The minimum Gasteiger partial charge on any atom is -0.506 e. The number of amides is 1. The standard InChI is InChI=1S/C17H12Cl2N2O2S/c1-9-4-2-7-13(22)15(9)20-17-21-16(23)14(24-17)8-10-11(18)5-3-6-12(10)19/h2-8,22H,1H3,(H,20,21,23)/b14-8-.